The third-order valence-electron chi connectivity index (χ3n) is 4.09. The highest BCUT2D eigenvalue weighted by atomic mass is 28.3. The summed E-state index contributed by atoms with van der Waals surface area (Å²) in [5.74, 6) is -0.939. The smallest absolute Gasteiger partial charge is 0.323 e. The SMILES string of the molecule is C=C(C1=CC(C)CC(C(=O)OC)(C(=O)OC)C1)[Si](C)(C)C. The molecule has 0 aromatic carbocycles. The molecule has 0 heterocycles. The van der Waals surface area contributed by atoms with E-state index in [4.69, 9.17) is 9.47 Å². The van der Waals surface area contributed by atoms with E-state index in [1.54, 1.807) is 0 Å². The zero-order chi connectivity index (χ0) is 16.4. The van der Waals surface area contributed by atoms with Gasteiger partial charge in [0, 0.05) is 0 Å². The number of ether oxygens (including phenoxy) is 2. The van der Waals surface area contributed by atoms with Crippen molar-refractivity contribution in [2.45, 2.75) is 39.4 Å². The highest BCUT2D eigenvalue weighted by Gasteiger charge is 2.51. The summed E-state index contributed by atoms with van der Waals surface area (Å²) in [5, 5.41) is 1.08. The number of hydrogen-bond acceptors (Lipinski definition) is 4. The van der Waals surface area contributed by atoms with E-state index in [0.29, 0.717) is 12.8 Å². The summed E-state index contributed by atoms with van der Waals surface area (Å²) < 4.78 is 9.79. The molecular weight excluding hydrogens is 284 g/mol. The minimum atomic E-state index is -1.60. The molecule has 21 heavy (non-hydrogen) atoms. The van der Waals surface area contributed by atoms with E-state index >= 15 is 0 Å². The van der Waals surface area contributed by atoms with Gasteiger partial charge in [-0.2, -0.15) is 0 Å². The van der Waals surface area contributed by atoms with Gasteiger partial charge >= 0.3 is 11.9 Å². The van der Waals surface area contributed by atoms with Gasteiger partial charge in [0.15, 0.2) is 5.41 Å². The van der Waals surface area contributed by atoms with Crippen molar-refractivity contribution in [3.05, 3.63) is 23.4 Å². The fourth-order valence-corrected chi connectivity index (χ4v) is 4.02. The molecule has 0 N–H and O–H groups in total. The molecule has 118 valence electrons. The van der Waals surface area contributed by atoms with Crippen LogP contribution in [0.5, 0.6) is 0 Å². The molecular formula is C16H26O4Si. The van der Waals surface area contributed by atoms with Crippen LogP contribution < -0.4 is 0 Å². The molecule has 1 aliphatic rings. The molecule has 1 unspecified atom stereocenters. The number of allylic oxidation sites excluding steroid dienone is 3. The summed E-state index contributed by atoms with van der Waals surface area (Å²) in [6.45, 7) is 12.8. The Kier molecular flexibility index (Phi) is 5.20. The predicted octanol–water partition coefficient (Wildman–Crippen LogP) is 3.11. The number of carbonyl (C=O) groups excluding carboxylic acids is 2. The summed E-state index contributed by atoms with van der Waals surface area (Å²) in [6.07, 6.45) is 2.86. The maximum atomic E-state index is 12.3. The van der Waals surface area contributed by atoms with Crippen molar-refractivity contribution in [1.82, 2.24) is 0 Å². The van der Waals surface area contributed by atoms with E-state index in [1.807, 2.05) is 6.92 Å². The number of carbonyl (C=O) groups is 2. The molecule has 0 saturated heterocycles. The molecule has 1 aliphatic carbocycles. The molecule has 0 amide bonds. The third-order valence-corrected chi connectivity index (χ3v) is 6.23. The summed E-state index contributed by atoms with van der Waals surface area (Å²) >= 11 is 0. The first-order valence-electron chi connectivity index (χ1n) is 7.15. The number of hydrogen-bond donors (Lipinski definition) is 0. The molecule has 0 saturated carbocycles. The highest BCUT2D eigenvalue weighted by molar-refractivity contribution is 6.83. The molecule has 0 bridgehead atoms. The summed E-state index contributed by atoms with van der Waals surface area (Å²) in [6, 6.07) is 0. The van der Waals surface area contributed by atoms with Gasteiger partial charge in [-0.1, -0.05) is 50.0 Å². The van der Waals surface area contributed by atoms with Gasteiger partial charge in [0.05, 0.1) is 22.3 Å². The normalized spacial score (nSPS) is 21.2. The summed E-state index contributed by atoms with van der Waals surface area (Å²) in [7, 11) is 1.02. The molecule has 1 rings (SSSR count). The van der Waals surface area contributed by atoms with Crippen LogP contribution in [0.25, 0.3) is 0 Å². The van der Waals surface area contributed by atoms with Gasteiger partial charge in [0.25, 0.3) is 0 Å². The van der Waals surface area contributed by atoms with E-state index in [1.165, 1.54) is 14.2 Å². The van der Waals surface area contributed by atoms with Crippen molar-refractivity contribution < 1.29 is 19.1 Å². The van der Waals surface area contributed by atoms with Crippen molar-refractivity contribution in [3.63, 3.8) is 0 Å². The molecule has 4 nitrogen and oxygen atoms in total. The van der Waals surface area contributed by atoms with Crippen molar-refractivity contribution in [2.24, 2.45) is 11.3 Å². The van der Waals surface area contributed by atoms with E-state index in [2.05, 4.69) is 32.3 Å². The molecule has 5 heteroatoms. The Morgan fingerprint density at radius 3 is 2.10 bits per heavy atom. The zero-order valence-corrected chi connectivity index (χ0v) is 14.9. The van der Waals surface area contributed by atoms with Crippen LogP contribution in [-0.2, 0) is 19.1 Å². The first-order valence-corrected chi connectivity index (χ1v) is 10.7. The van der Waals surface area contributed by atoms with Crippen molar-refractivity contribution in [3.8, 4) is 0 Å². The fourth-order valence-electron chi connectivity index (χ4n) is 2.88. The second-order valence-electron chi connectivity index (χ2n) is 6.84. The number of methoxy groups -OCH3 is 2. The monoisotopic (exact) mass is 310 g/mol. The standard InChI is InChI=1S/C16H26O4Si/c1-11-8-13(12(2)21(5,6)7)10-16(9-11,14(17)19-3)15(18)20-4/h8,11H,2,9-10H2,1,3-7H3. The van der Waals surface area contributed by atoms with Crippen LogP contribution in [0.1, 0.15) is 19.8 Å². The third kappa shape index (κ3) is 3.46. The Morgan fingerprint density at radius 2 is 1.71 bits per heavy atom. The lowest BCUT2D eigenvalue weighted by atomic mass is 9.70. The van der Waals surface area contributed by atoms with Crippen molar-refractivity contribution >= 4 is 20.0 Å². The maximum Gasteiger partial charge on any atom is 0.323 e. The van der Waals surface area contributed by atoms with Gasteiger partial charge in [0.2, 0.25) is 0 Å². The van der Waals surface area contributed by atoms with Crippen LogP contribution in [0.4, 0.5) is 0 Å². The van der Waals surface area contributed by atoms with Gasteiger partial charge in [0.1, 0.15) is 0 Å². The van der Waals surface area contributed by atoms with Crippen LogP contribution in [0, 0.1) is 11.3 Å². The quantitative estimate of drug-likeness (QED) is 0.455. The summed E-state index contributed by atoms with van der Waals surface area (Å²) in [4.78, 5) is 24.6. The average Bonchev–Trinajstić information content (AvgIpc) is 2.42. The van der Waals surface area contributed by atoms with Crippen LogP contribution in [0.3, 0.4) is 0 Å². The Morgan fingerprint density at radius 1 is 1.24 bits per heavy atom. The molecule has 0 radical (unpaired) electrons. The Labute approximate surface area is 128 Å². The van der Waals surface area contributed by atoms with E-state index < -0.39 is 25.4 Å². The first-order chi connectivity index (χ1) is 9.58. The average molecular weight is 310 g/mol. The van der Waals surface area contributed by atoms with Gasteiger partial charge < -0.3 is 9.47 Å². The highest BCUT2D eigenvalue weighted by Crippen LogP contribution is 2.44. The topological polar surface area (TPSA) is 52.6 Å². The second-order valence-corrected chi connectivity index (χ2v) is 11.9. The van der Waals surface area contributed by atoms with E-state index in [-0.39, 0.29) is 5.92 Å². The van der Waals surface area contributed by atoms with Crippen LogP contribution in [0.15, 0.2) is 23.4 Å². The molecule has 0 aliphatic heterocycles. The first kappa shape index (κ1) is 17.7. The zero-order valence-electron chi connectivity index (χ0n) is 13.9. The van der Waals surface area contributed by atoms with Gasteiger partial charge in [-0.25, -0.2) is 0 Å². The Balaban J connectivity index is 3.28. The lowest BCUT2D eigenvalue weighted by molar-refractivity contribution is -0.170. The van der Waals surface area contributed by atoms with Gasteiger partial charge in [-0.15, -0.1) is 0 Å². The second kappa shape index (κ2) is 6.18. The minimum Gasteiger partial charge on any atom is -0.468 e. The van der Waals surface area contributed by atoms with Crippen molar-refractivity contribution in [1.29, 1.82) is 0 Å². The Bertz CT molecular complexity index is 469. The van der Waals surface area contributed by atoms with Crippen LogP contribution in [-0.4, -0.2) is 34.2 Å². The van der Waals surface area contributed by atoms with Crippen LogP contribution in [0.2, 0.25) is 19.6 Å². The van der Waals surface area contributed by atoms with Crippen molar-refractivity contribution in [2.75, 3.05) is 14.2 Å². The molecule has 1 atom stereocenters. The summed E-state index contributed by atoms with van der Waals surface area (Å²) in [5.41, 5.74) is -0.237. The fraction of sp³-hybridized carbons (Fsp3) is 0.625. The minimum absolute atomic E-state index is 0.0973. The molecule has 0 fully saturated rings. The van der Waals surface area contributed by atoms with E-state index in [0.717, 1.165) is 10.8 Å². The number of esters is 2. The van der Waals surface area contributed by atoms with Gasteiger partial charge in [-0.3, -0.25) is 9.59 Å². The maximum absolute atomic E-state index is 12.3. The molecule has 0 aromatic rings. The molecule has 0 aromatic heterocycles. The van der Waals surface area contributed by atoms with Gasteiger partial charge in [-0.05, 0) is 18.8 Å². The van der Waals surface area contributed by atoms with E-state index in [9.17, 15) is 9.59 Å². The predicted molar refractivity (Wildman–Crippen MR) is 85.4 cm³/mol. The molecule has 0 spiro atoms. The van der Waals surface area contributed by atoms with Crippen LogP contribution >= 0.6 is 0 Å². The Hall–Kier alpha value is -1.36. The lowest BCUT2D eigenvalue weighted by Crippen LogP contribution is -2.45. The number of rotatable bonds is 4. The largest absolute Gasteiger partial charge is 0.468 e. The lowest BCUT2D eigenvalue weighted by Gasteiger charge is -2.37.